The molecule has 0 amide bonds. The Labute approximate surface area is 208 Å². The molecule has 206 valence electrons. The van der Waals surface area contributed by atoms with E-state index in [2.05, 4.69) is 6.92 Å². The molecule has 0 fully saturated rings. The molecule has 0 radical (unpaired) electrons. The number of ether oxygens (including phenoxy) is 7. The number of aliphatic hydroxyl groups is 1. The van der Waals surface area contributed by atoms with Crippen molar-refractivity contribution in [1.29, 1.82) is 0 Å². The summed E-state index contributed by atoms with van der Waals surface area (Å²) in [6.07, 6.45) is 11.5. The molecule has 1 atom stereocenters. The van der Waals surface area contributed by atoms with E-state index in [1.807, 2.05) is 6.92 Å². The van der Waals surface area contributed by atoms with Crippen molar-refractivity contribution in [1.82, 2.24) is 0 Å². The summed E-state index contributed by atoms with van der Waals surface area (Å²) in [6, 6.07) is 0. The van der Waals surface area contributed by atoms with Crippen LogP contribution in [0.3, 0.4) is 0 Å². The van der Waals surface area contributed by atoms with Gasteiger partial charge in [0, 0.05) is 6.61 Å². The second-order valence-corrected chi connectivity index (χ2v) is 8.20. The van der Waals surface area contributed by atoms with Crippen molar-refractivity contribution in [2.75, 3.05) is 85.9 Å². The van der Waals surface area contributed by atoms with Crippen LogP contribution in [0, 0.1) is 0 Å². The van der Waals surface area contributed by atoms with Gasteiger partial charge in [-0.2, -0.15) is 0 Å². The molecule has 0 saturated carbocycles. The minimum atomic E-state index is -0.682. The van der Waals surface area contributed by atoms with E-state index in [9.17, 15) is 5.11 Å². The van der Waals surface area contributed by atoms with Gasteiger partial charge < -0.3 is 38.3 Å². The third kappa shape index (κ3) is 29.7. The predicted octanol–water partition coefficient (Wildman–Crippen LogP) is 4.36. The van der Waals surface area contributed by atoms with Gasteiger partial charge in [0.05, 0.1) is 79.3 Å². The lowest BCUT2D eigenvalue weighted by Crippen LogP contribution is -2.17. The third-order valence-corrected chi connectivity index (χ3v) is 5.16. The van der Waals surface area contributed by atoms with E-state index in [-0.39, 0.29) is 0 Å². The lowest BCUT2D eigenvalue weighted by molar-refractivity contribution is -0.118. The van der Waals surface area contributed by atoms with Crippen molar-refractivity contribution in [3.63, 3.8) is 0 Å². The highest BCUT2D eigenvalue weighted by molar-refractivity contribution is 4.49. The summed E-state index contributed by atoms with van der Waals surface area (Å²) in [5.74, 6) is 0. The van der Waals surface area contributed by atoms with E-state index in [0.29, 0.717) is 92.3 Å². The van der Waals surface area contributed by atoms with Gasteiger partial charge in [0.2, 0.25) is 0 Å². The molecule has 0 bridgehead atoms. The zero-order chi connectivity index (χ0) is 24.8. The number of hydrogen-bond acceptors (Lipinski definition) is 8. The van der Waals surface area contributed by atoms with Crippen LogP contribution in [0.1, 0.15) is 78.1 Å². The molecule has 34 heavy (non-hydrogen) atoms. The van der Waals surface area contributed by atoms with Crippen molar-refractivity contribution in [3.05, 3.63) is 0 Å². The Morgan fingerprint density at radius 1 is 0.441 bits per heavy atom. The molecule has 0 aliphatic rings. The van der Waals surface area contributed by atoms with E-state index in [4.69, 9.17) is 33.2 Å². The second kappa shape index (κ2) is 30.7. The minimum absolute atomic E-state index is 0.402. The average Bonchev–Trinajstić information content (AvgIpc) is 2.84. The highest BCUT2D eigenvalue weighted by Crippen LogP contribution is 2.11. The van der Waals surface area contributed by atoms with Gasteiger partial charge in [0.15, 0.2) is 6.29 Å². The van der Waals surface area contributed by atoms with Crippen molar-refractivity contribution in [2.24, 2.45) is 0 Å². The van der Waals surface area contributed by atoms with Crippen LogP contribution in [0.4, 0.5) is 0 Å². The molecule has 8 heteroatoms. The van der Waals surface area contributed by atoms with Gasteiger partial charge in [-0.25, -0.2) is 0 Å². The summed E-state index contributed by atoms with van der Waals surface area (Å²) >= 11 is 0. The molecular weight excluding hydrogens is 440 g/mol. The zero-order valence-corrected chi connectivity index (χ0v) is 22.1. The SMILES string of the molecule is CCCCCCCCCCCC(O)OCCOCCOCCOCCOCCOCCOCC. The predicted molar refractivity (Wildman–Crippen MR) is 134 cm³/mol. The number of hydrogen-bond donors (Lipinski definition) is 1. The highest BCUT2D eigenvalue weighted by atomic mass is 16.6. The lowest BCUT2D eigenvalue weighted by Gasteiger charge is -2.12. The first-order chi connectivity index (χ1) is 16.8. The molecule has 1 unspecified atom stereocenters. The van der Waals surface area contributed by atoms with Crippen LogP contribution in [-0.4, -0.2) is 97.3 Å². The highest BCUT2D eigenvalue weighted by Gasteiger charge is 2.03. The topological polar surface area (TPSA) is 84.8 Å². The fourth-order valence-electron chi connectivity index (χ4n) is 3.20. The van der Waals surface area contributed by atoms with Crippen LogP contribution in [0.15, 0.2) is 0 Å². The smallest absolute Gasteiger partial charge is 0.154 e. The van der Waals surface area contributed by atoms with Crippen molar-refractivity contribution >= 4 is 0 Å². The Hall–Kier alpha value is -0.320. The molecule has 0 aromatic rings. The van der Waals surface area contributed by atoms with Gasteiger partial charge in [0.1, 0.15) is 0 Å². The second-order valence-electron chi connectivity index (χ2n) is 8.20. The summed E-state index contributed by atoms with van der Waals surface area (Å²) in [5, 5.41) is 9.86. The summed E-state index contributed by atoms with van der Waals surface area (Å²) in [7, 11) is 0. The maximum absolute atomic E-state index is 9.86. The van der Waals surface area contributed by atoms with Crippen LogP contribution in [0.5, 0.6) is 0 Å². The monoisotopic (exact) mass is 494 g/mol. The average molecular weight is 495 g/mol. The van der Waals surface area contributed by atoms with Crippen LogP contribution in [0.2, 0.25) is 0 Å². The number of unbranched alkanes of at least 4 members (excludes halogenated alkanes) is 8. The van der Waals surface area contributed by atoms with Crippen LogP contribution in [0.25, 0.3) is 0 Å². The molecule has 0 aromatic carbocycles. The number of aliphatic hydroxyl groups excluding tert-OH is 1. The van der Waals surface area contributed by atoms with Crippen LogP contribution in [-0.2, 0) is 33.2 Å². The normalized spacial score (nSPS) is 12.4. The van der Waals surface area contributed by atoms with Crippen molar-refractivity contribution in [3.8, 4) is 0 Å². The molecule has 1 N–H and O–H groups in total. The molecule has 8 nitrogen and oxygen atoms in total. The standard InChI is InChI=1S/C26H54O8/c1-3-5-6-7-8-9-10-11-12-13-26(27)34-25-24-33-23-22-32-21-20-31-19-18-30-17-16-29-15-14-28-4-2/h26-27H,3-25H2,1-2H3. The number of rotatable bonds is 30. The zero-order valence-electron chi connectivity index (χ0n) is 22.1. The van der Waals surface area contributed by atoms with E-state index in [1.54, 1.807) is 0 Å². The van der Waals surface area contributed by atoms with Crippen molar-refractivity contribution < 1.29 is 38.3 Å². The lowest BCUT2D eigenvalue weighted by atomic mass is 10.1. The minimum Gasteiger partial charge on any atom is -0.379 e. The molecule has 0 aliphatic carbocycles. The molecule has 0 saturated heterocycles. The van der Waals surface area contributed by atoms with Crippen LogP contribution >= 0.6 is 0 Å². The first-order valence-corrected chi connectivity index (χ1v) is 13.6. The summed E-state index contributed by atoms with van der Waals surface area (Å²) in [4.78, 5) is 0. The quantitative estimate of drug-likeness (QED) is 0.116. The Balaban J connectivity index is 3.11. The Morgan fingerprint density at radius 3 is 1.21 bits per heavy atom. The first-order valence-electron chi connectivity index (χ1n) is 13.6. The van der Waals surface area contributed by atoms with E-state index in [1.165, 1.54) is 51.4 Å². The Bertz CT molecular complexity index is 360. The fourth-order valence-corrected chi connectivity index (χ4v) is 3.20. The van der Waals surface area contributed by atoms with Gasteiger partial charge in [-0.15, -0.1) is 0 Å². The molecular formula is C26H54O8. The summed E-state index contributed by atoms with van der Waals surface area (Å²) in [6.45, 7) is 11.3. The van der Waals surface area contributed by atoms with Gasteiger partial charge in [0.25, 0.3) is 0 Å². The van der Waals surface area contributed by atoms with E-state index in [0.717, 1.165) is 6.42 Å². The van der Waals surface area contributed by atoms with E-state index < -0.39 is 6.29 Å². The van der Waals surface area contributed by atoms with Crippen LogP contribution < -0.4 is 0 Å². The molecule has 0 heterocycles. The molecule has 0 aromatic heterocycles. The van der Waals surface area contributed by atoms with E-state index >= 15 is 0 Å². The molecule has 0 rings (SSSR count). The summed E-state index contributed by atoms with van der Waals surface area (Å²) < 4.78 is 37.7. The van der Waals surface area contributed by atoms with Gasteiger partial charge in [-0.1, -0.05) is 58.3 Å². The Kier molecular flexibility index (Phi) is 30.4. The molecule has 0 aliphatic heterocycles. The third-order valence-electron chi connectivity index (χ3n) is 5.16. The fraction of sp³-hybridized carbons (Fsp3) is 1.00. The Morgan fingerprint density at radius 2 is 0.794 bits per heavy atom. The molecule has 0 spiro atoms. The van der Waals surface area contributed by atoms with Gasteiger partial charge in [-0.3, -0.25) is 0 Å². The first kappa shape index (κ1) is 33.7. The van der Waals surface area contributed by atoms with Crippen molar-refractivity contribution in [2.45, 2.75) is 84.3 Å². The largest absolute Gasteiger partial charge is 0.379 e. The van der Waals surface area contributed by atoms with Gasteiger partial charge in [-0.05, 0) is 19.8 Å². The van der Waals surface area contributed by atoms with Gasteiger partial charge >= 0.3 is 0 Å². The maximum atomic E-state index is 9.86. The maximum Gasteiger partial charge on any atom is 0.154 e. The summed E-state index contributed by atoms with van der Waals surface area (Å²) in [5.41, 5.74) is 0.